The number of rotatable bonds is 7. The van der Waals surface area contributed by atoms with Crippen molar-refractivity contribution in [1.82, 2.24) is 9.97 Å². The molecule has 4 rings (SSSR count). The minimum Gasteiger partial charge on any atom is -0.483 e. The molecule has 6 nitrogen and oxygen atoms in total. The van der Waals surface area contributed by atoms with Crippen LogP contribution in [-0.2, 0) is 4.79 Å². The molecular formula is C24H22N4O2S. The molecule has 0 aliphatic carbocycles. The quantitative estimate of drug-likeness (QED) is 0.400. The van der Waals surface area contributed by atoms with Gasteiger partial charge in [-0.25, -0.2) is 4.98 Å². The Balaban J connectivity index is 1.32. The fourth-order valence-electron chi connectivity index (χ4n) is 3.11. The molecule has 4 aromatic rings. The van der Waals surface area contributed by atoms with Crippen LogP contribution in [0.3, 0.4) is 0 Å². The molecule has 2 N–H and O–H groups in total. The largest absolute Gasteiger partial charge is 0.483 e. The highest BCUT2D eigenvalue weighted by atomic mass is 32.1. The number of aryl methyl sites for hydroxylation is 2. The number of para-hydroxylation sites is 1. The van der Waals surface area contributed by atoms with Crippen molar-refractivity contribution in [3.8, 4) is 17.0 Å². The molecule has 0 aliphatic rings. The molecule has 156 valence electrons. The molecule has 0 saturated heterocycles. The smallest absolute Gasteiger partial charge is 0.262 e. The first-order chi connectivity index (χ1) is 15.1. The molecule has 0 fully saturated rings. The summed E-state index contributed by atoms with van der Waals surface area (Å²) in [6.07, 6.45) is 3.50. The lowest BCUT2D eigenvalue weighted by Gasteiger charge is -2.12. The van der Waals surface area contributed by atoms with Crippen molar-refractivity contribution < 1.29 is 9.53 Å². The maximum absolute atomic E-state index is 12.3. The second-order valence-electron chi connectivity index (χ2n) is 7.03. The molecular weight excluding hydrogens is 408 g/mol. The molecule has 7 heteroatoms. The SMILES string of the molecule is Cc1cccc(C)c1OCC(=O)Nc1ccc(Nc2nc(-c3ccncc3)cs2)cc1. The zero-order chi connectivity index (χ0) is 21.6. The van der Waals surface area contributed by atoms with Crippen LogP contribution < -0.4 is 15.4 Å². The zero-order valence-electron chi connectivity index (χ0n) is 17.3. The summed E-state index contributed by atoms with van der Waals surface area (Å²) in [5.74, 6) is 0.553. The van der Waals surface area contributed by atoms with Gasteiger partial charge in [0, 0.05) is 34.7 Å². The van der Waals surface area contributed by atoms with E-state index in [9.17, 15) is 4.79 Å². The first-order valence-electron chi connectivity index (χ1n) is 9.80. The van der Waals surface area contributed by atoms with E-state index in [0.717, 1.165) is 39.0 Å². The van der Waals surface area contributed by atoms with Crippen LogP contribution in [-0.4, -0.2) is 22.5 Å². The lowest BCUT2D eigenvalue weighted by Crippen LogP contribution is -2.20. The summed E-state index contributed by atoms with van der Waals surface area (Å²) < 4.78 is 5.71. The van der Waals surface area contributed by atoms with Crippen LogP contribution in [0.2, 0.25) is 0 Å². The van der Waals surface area contributed by atoms with Gasteiger partial charge < -0.3 is 15.4 Å². The summed E-state index contributed by atoms with van der Waals surface area (Å²) in [6, 6.07) is 17.3. The van der Waals surface area contributed by atoms with E-state index in [4.69, 9.17) is 4.74 Å². The zero-order valence-corrected chi connectivity index (χ0v) is 18.1. The van der Waals surface area contributed by atoms with Gasteiger partial charge in [-0.3, -0.25) is 9.78 Å². The fraction of sp³-hybridized carbons (Fsp3) is 0.125. The topological polar surface area (TPSA) is 76.1 Å². The predicted octanol–water partition coefficient (Wildman–Crippen LogP) is 5.58. The highest BCUT2D eigenvalue weighted by Crippen LogP contribution is 2.27. The minimum atomic E-state index is -0.203. The second-order valence-corrected chi connectivity index (χ2v) is 7.89. The Bertz CT molecular complexity index is 1150. The molecule has 2 aromatic heterocycles. The first-order valence-corrected chi connectivity index (χ1v) is 10.7. The van der Waals surface area contributed by atoms with Gasteiger partial charge in [-0.1, -0.05) is 18.2 Å². The van der Waals surface area contributed by atoms with Crippen LogP contribution in [0.15, 0.2) is 72.4 Å². The van der Waals surface area contributed by atoms with E-state index in [2.05, 4.69) is 20.6 Å². The molecule has 2 aromatic carbocycles. The second kappa shape index (κ2) is 9.40. The molecule has 1 amide bonds. The van der Waals surface area contributed by atoms with Gasteiger partial charge in [-0.15, -0.1) is 11.3 Å². The summed E-state index contributed by atoms with van der Waals surface area (Å²) in [7, 11) is 0. The average Bonchev–Trinajstić information content (AvgIpc) is 3.24. The molecule has 0 saturated carbocycles. The van der Waals surface area contributed by atoms with Gasteiger partial charge >= 0.3 is 0 Å². The normalized spacial score (nSPS) is 10.5. The first kappa shape index (κ1) is 20.6. The predicted molar refractivity (Wildman–Crippen MR) is 125 cm³/mol. The number of carbonyl (C=O) groups excluding carboxylic acids is 1. The average molecular weight is 431 g/mol. The van der Waals surface area contributed by atoms with Crippen LogP contribution in [0, 0.1) is 13.8 Å². The third-order valence-corrected chi connectivity index (χ3v) is 5.41. The van der Waals surface area contributed by atoms with Gasteiger partial charge in [0.2, 0.25) is 0 Å². The number of nitrogens with one attached hydrogen (secondary N) is 2. The number of carbonyl (C=O) groups is 1. The molecule has 0 bridgehead atoms. The molecule has 0 radical (unpaired) electrons. The van der Waals surface area contributed by atoms with Crippen molar-refractivity contribution in [2.75, 3.05) is 17.2 Å². The van der Waals surface area contributed by atoms with E-state index in [0.29, 0.717) is 5.69 Å². The van der Waals surface area contributed by atoms with Crippen molar-refractivity contribution >= 4 is 33.8 Å². The summed E-state index contributed by atoms with van der Waals surface area (Å²) in [4.78, 5) is 20.9. The van der Waals surface area contributed by atoms with Crippen molar-refractivity contribution in [3.63, 3.8) is 0 Å². The van der Waals surface area contributed by atoms with Gasteiger partial charge in [0.1, 0.15) is 5.75 Å². The summed E-state index contributed by atoms with van der Waals surface area (Å²) in [5.41, 5.74) is 5.55. The van der Waals surface area contributed by atoms with Gasteiger partial charge in [-0.2, -0.15) is 0 Å². The maximum atomic E-state index is 12.3. The molecule has 0 unspecified atom stereocenters. The highest BCUT2D eigenvalue weighted by Gasteiger charge is 2.08. The Morgan fingerprint density at radius 1 is 0.968 bits per heavy atom. The number of hydrogen-bond donors (Lipinski definition) is 2. The van der Waals surface area contributed by atoms with E-state index in [1.165, 1.54) is 11.3 Å². The van der Waals surface area contributed by atoms with Crippen molar-refractivity contribution in [1.29, 1.82) is 0 Å². The third kappa shape index (κ3) is 5.26. The maximum Gasteiger partial charge on any atom is 0.262 e. The lowest BCUT2D eigenvalue weighted by molar-refractivity contribution is -0.118. The Hall–Kier alpha value is -3.71. The number of thiazole rings is 1. The summed E-state index contributed by atoms with van der Waals surface area (Å²) >= 11 is 1.53. The summed E-state index contributed by atoms with van der Waals surface area (Å²) in [6.45, 7) is 3.89. The van der Waals surface area contributed by atoms with Gasteiger partial charge in [0.05, 0.1) is 5.69 Å². The van der Waals surface area contributed by atoms with E-state index in [1.807, 2.05) is 73.8 Å². The van der Waals surface area contributed by atoms with Gasteiger partial charge in [0.15, 0.2) is 11.7 Å². The Morgan fingerprint density at radius 2 is 1.65 bits per heavy atom. The number of hydrogen-bond acceptors (Lipinski definition) is 6. The third-order valence-electron chi connectivity index (χ3n) is 4.66. The fourth-order valence-corrected chi connectivity index (χ4v) is 3.85. The Morgan fingerprint density at radius 3 is 2.35 bits per heavy atom. The number of benzene rings is 2. The summed E-state index contributed by atoms with van der Waals surface area (Å²) in [5, 5.41) is 8.94. The number of anilines is 3. The molecule has 0 aliphatic heterocycles. The van der Waals surface area contributed by atoms with Crippen LogP contribution >= 0.6 is 11.3 Å². The number of nitrogens with zero attached hydrogens (tertiary/aromatic N) is 2. The number of aromatic nitrogens is 2. The van der Waals surface area contributed by atoms with E-state index < -0.39 is 0 Å². The Labute approximate surface area is 185 Å². The molecule has 31 heavy (non-hydrogen) atoms. The molecule has 0 spiro atoms. The van der Waals surface area contributed by atoms with Gasteiger partial charge in [0.25, 0.3) is 5.91 Å². The van der Waals surface area contributed by atoms with Crippen molar-refractivity contribution in [2.45, 2.75) is 13.8 Å². The minimum absolute atomic E-state index is 0.0391. The van der Waals surface area contributed by atoms with Crippen molar-refractivity contribution in [2.24, 2.45) is 0 Å². The van der Waals surface area contributed by atoms with Gasteiger partial charge in [-0.05, 0) is 61.4 Å². The standard InChI is InChI=1S/C24H22N4O2S/c1-16-4-3-5-17(2)23(16)30-14-22(29)26-19-6-8-20(9-7-19)27-24-28-21(15-31-24)18-10-12-25-13-11-18/h3-13,15H,14H2,1-2H3,(H,26,29)(H,27,28). The number of amides is 1. The van der Waals surface area contributed by atoms with E-state index in [1.54, 1.807) is 12.4 Å². The Kier molecular flexibility index (Phi) is 6.24. The number of ether oxygens (including phenoxy) is 1. The van der Waals surface area contributed by atoms with Crippen LogP contribution in [0.25, 0.3) is 11.3 Å². The van der Waals surface area contributed by atoms with E-state index >= 15 is 0 Å². The lowest BCUT2D eigenvalue weighted by atomic mass is 10.1. The van der Waals surface area contributed by atoms with Crippen LogP contribution in [0.5, 0.6) is 5.75 Å². The van der Waals surface area contributed by atoms with Crippen LogP contribution in [0.1, 0.15) is 11.1 Å². The number of pyridine rings is 1. The van der Waals surface area contributed by atoms with E-state index in [-0.39, 0.29) is 12.5 Å². The van der Waals surface area contributed by atoms with Crippen LogP contribution in [0.4, 0.5) is 16.5 Å². The molecule has 0 atom stereocenters. The molecule has 2 heterocycles. The highest BCUT2D eigenvalue weighted by molar-refractivity contribution is 7.14. The van der Waals surface area contributed by atoms with Crippen molar-refractivity contribution in [3.05, 3.63) is 83.5 Å². The monoisotopic (exact) mass is 430 g/mol.